The number of hydrogen-bond acceptors (Lipinski definition) is 3. The highest BCUT2D eigenvalue weighted by Gasteiger charge is 2.13. The van der Waals surface area contributed by atoms with E-state index in [4.69, 9.17) is 5.73 Å². The normalized spacial score (nSPS) is 12.1. The van der Waals surface area contributed by atoms with Crippen LogP contribution < -0.4 is 11.1 Å². The molecule has 0 saturated heterocycles. The molecule has 0 aliphatic carbocycles. The highest BCUT2D eigenvalue weighted by molar-refractivity contribution is 5.94. The lowest BCUT2D eigenvalue weighted by molar-refractivity contribution is -0.117. The summed E-state index contributed by atoms with van der Waals surface area (Å²) in [5.74, 6) is 0.295. The molecule has 100 valence electrons. The quantitative estimate of drug-likeness (QED) is 0.768. The summed E-state index contributed by atoms with van der Waals surface area (Å²) in [5, 5.41) is 9.67. The molecule has 0 unspecified atom stereocenters. The Labute approximate surface area is 112 Å². The minimum atomic E-state index is -0.484. The lowest BCUT2D eigenvalue weighted by Crippen LogP contribution is -2.35. The molecule has 5 heteroatoms. The number of hydrogen-bond donors (Lipinski definition) is 3. The van der Waals surface area contributed by atoms with Crippen molar-refractivity contribution in [2.45, 2.75) is 25.8 Å². The molecule has 0 spiro atoms. The van der Waals surface area contributed by atoms with E-state index in [1.165, 1.54) is 0 Å². The van der Waals surface area contributed by atoms with E-state index in [9.17, 15) is 4.79 Å². The Kier molecular flexibility index (Phi) is 4.30. The van der Waals surface area contributed by atoms with Crippen molar-refractivity contribution in [1.82, 2.24) is 10.2 Å². The Bertz CT molecular complexity index is 535. The molecule has 2 aromatic rings. The Morgan fingerprint density at radius 1 is 1.42 bits per heavy atom. The Morgan fingerprint density at radius 2 is 2.16 bits per heavy atom. The first-order valence-electron chi connectivity index (χ1n) is 6.38. The van der Waals surface area contributed by atoms with Crippen molar-refractivity contribution in [1.29, 1.82) is 0 Å². The average Bonchev–Trinajstić information content (AvgIpc) is 2.88. The average molecular weight is 258 g/mol. The molecule has 1 amide bonds. The molecule has 1 aromatic carbocycles. The molecule has 0 fully saturated rings. The summed E-state index contributed by atoms with van der Waals surface area (Å²) in [6, 6.07) is 11.1. The topological polar surface area (TPSA) is 83.8 Å². The molecule has 0 saturated carbocycles. The van der Waals surface area contributed by atoms with Crippen molar-refractivity contribution < 1.29 is 4.79 Å². The third-order valence-corrected chi connectivity index (χ3v) is 2.85. The fourth-order valence-corrected chi connectivity index (χ4v) is 1.81. The SMILES string of the molecule is CCC[C@H](N)C(=O)Nc1cc(-c2ccccc2)[nH]n1. The maximum absolute atomic E-state index is 11.8. The molecular formula is C14H18N4O. The predicted octanol–water partition coefficient (Wildman–Crippen LogP) is 2.14. The number of carbonyl (C=O) groups excluding carboxylic acids is 1. The van der Waals surface area contributed by atoms with Crippen molar-refractivity contribution in [2.75, 3.05) is 5.32 Å². The molecule has 0 radical (unpaired) electrons. The zero-order valence-electron chi connectivity index (χ0n) is 10.9. The van der Waals surface area contributed by atoms with Gasteiger partial charge >= 0.3 is 0 Å². The van der Waals surface area contributed by atoms with Crippen molar-refractivity contribution in [3.63, 3.8) is 0 Å². The summed E-state index contributed by atoms with van der Waals surface area (Å²) in [5.41, 5.74) is 7.63. The summed E-state index contributed by atoms with van der Waals surface area (Å²) >= 11 is 0. The second-order valence-electron chi connectivity index (χ2n) is 4.42. The number of amides is 1. The van der Waals surface area contributed by atoms with E-state index in [2.05, 4.69) is 15.5 Å². The van der Waals surface area contributed by atoms with Gasteiger partial charge in [-0.1, -0.05) is 43.7 Å². The molecule has 19 heavy (non-hydrogen) atoms. The minimum absolute atomic E-state index is 0.201. The van der Waals surface area contributed by atoms with Gasteiger partial charge < -0.3 is 11.1 Å². The van der Waals surface area contributed by atoms with Gasteiger partial charge in [-0.05, 0) is 12.0 Å². The van der Waals surface area contributed by atoms with Crippen LogP contribution in [0, 0.1) is 0 Å². The highest BCUT2D eigenvalue weighted by Crippen LogP contribution is 2.19. The van der Waals surface area contributed by atoms with Crippen molar-refractivity contribution in [3.05, 3.63) is 36.4 Å². The summed E-state index contributed by atoms with van der Waals surface area (Å²) in [6.45, 7) is 2.00. The van der Waals surface area contributed by atoms with Crippen LogP contribution in [0.2, 0.25) is 0 Å². The first-order valence-corrected chi connectivity index (χ1v) is 6.38. The summed E-state index contributed by atoms with van der Waals surface area (Å²) in [7, 11) is 0. The number of aromatic nitrogens is 2. The predicted molar refractivity (Wildman–Crippen MR) is 75.5 cm³/mol. The van der Waals surface area contributed by atoms with Crippen molar-refractivity contribution in [2.24, 2.45) is 5.73 Å². The monoisotopic (exact) mass is 258 g/mol. The molecule has 4 N–H and O–H groups in total. The largest absolute Gasteiger partial charge is 0.320 e. The number of H-pyrrole nitrogens is 1. The second kappa shape index (κ2) is 6.15. The van der Waals surface area contributed by atoms with Gasteiger partial charge in [-0.15, -0.1) is 0 Å². The van der Waals surface area contributed by atoms with Gasteiger partial charge in [0.25, 0.3) is 0 Å². The molecule has 1 aromatic heterocycles. The molecule has 0 aliphatic rings. The van der Waals surface area contributed by atoms with E-state index in [-0.39, 0.29) is 5.91 Å². The van der Waals surface area contributed by atoms with Crippen LogP contribution in [0.5, 0.6) is 0 Å². The van der Waals surface area contributed by atoms with E-state index in [0.717, 1.165) is 17.7 Å². The van der Waals surface area contributed by atoms with Gasteiger partial charge in [-0.25, -0.2) is 0 Å². The molecule has 0 aliphatic heterocycles. The lowest BCUT2D eigenvalue weighted by Gasteiger charge is -2.08. The van der Waals surface area contributed by atoms with Crippen molar-refractivity contribution in [3.8, 4) is 11.3 Å². The standard InChI is InChI=1S/C14H18N4O/c1-2-6-11(15)14(19)16-13-9-12(17-18-13)10-7-4-3-5-8-10/h3-5,7-9,11H,2,6,15H2,1H3,(H2,16,17,18,19)/t11-/m0/s1. The van der Waals surface area contributed by atoms with Gasteiger partial charge in [0, 0.05) is 6.07 Å². The van der Waals surface area contributed by atoms with E-state index in [1.54, 1.807) is 6.07 Å². The van der Waals surface area contributed by atoms with Gasteiger partial charge in [0.15, 0.2) is 5.82 Å². The molecule has 2 rings (SSSR count). The number of anilines is 1. The second-order valence-corrected chi connectivity index (χ2v) is 4.42. The fraction of sp³-hybridized carbons (Fsp3) is 0.286. The van der Waals surface area contributed by atoms with Crippen LogP contribution in [0.1, 0.15) is 19.8 Å². The molecule has 0 bridgehead atoms. The van der Waals surface area contributed by atoms with Crippen LogP contribution in [-0.4, -0.2) is 22.1 Å². The molecule has 1 heterocycles. The van der Waals surface area contributed by atoms with E-state index in [0.29, 0.717) is 12.2 Å². The van der Waals surface area contributed by atoms with Crippen LogP contribution >= 0.6 is 0 Å². The maximum atomic E-state index is 11.8. The van der Waals surface area contributed by atoms with E-state index < -0.39 is 6.04 Å². The molecule has 5 nitrogen and oxygen atoms in total. The number of nitrogens with zero attached hydrogens (tertiary/aromatic N) is 1. The van der Waals surface area contributed by atoms with E-state index in [1.807, 2.05) is 37.3 Å². The zero-order chi connectivity index (χ0) is 13.7. The van der Waals surface area contributed by atoms with Gasteiger partial charge in [0.1, 0.15) is 0 Å². The summed E-state index contributed by atoms with van der Waals surface area (Å²) in [4.78, 5) is 11.8. The van der Waals surface area contributed by atoms with Crippen LogP contribution in [0.3, 0.4) is 0 Å². The number of nitrogens with two attached hydrogens (primary N) is 1. The third kappa shape index (κ3) is 3.42. The number of rotatable bonds is 5. The van der Waals surface area contributed by atoms with E-state index >= 15 is 0 Å². The zero-order valence-corrected chi connectivity index (χ0v) is 10.9. The Morgan fingerprint density at radius 3 is 2.84 bits per heavy atom. The summed E-state index contributed by atoms with van der Waals surface area (Å²) in [6.07, 6.45) is 1.55. The van der Waals surface area contributed by atoms with Gasteiger partial charge in [-0.2, -0.15) is 5.10 Å². The highest BCUT2D eigenvalue weighted by atomic mass is 16.2. The number of aromatic amines is 1. The first kappa shape index (κ1) is 13.3. The molecule has 1 atom stereocenters. The van der Waals surface area contributed by atoms with Crippen molar-refractivity contribution >= 4 is 11.7 Å². The Hall–Kier alpha value is -2.14. The summed E-state index contributed by atoms with van der Waals surface area (Å²) < 4.78 is 0. The Balaban J connectivity index is 2.04. The number of benzene rings is 1. The smallest absolute Gasteiger partial charge is 0.242 e. The number of carbonyl (C=O) groups is 1. The van der Waals surface area contributed by atoms with Crippen LogP contribution in [-0.2, 0) is 4.79 Å². The minimum Gasteiger partial charge on any atom is -0.320 e. The van der Waals surface area contributed by atoms with Crippen LogP contribution in [0.25, 0.3) is 11.3 Å². The van der Waals surface area contributed by atoms with Gasteiger partial charge in [0.2, 0.25) is 5.91 Å². The fourth-order valence-electron chi connectivity index (χ4n) is 1.81. The van der Waals surface area contributed by atoms with Gasteiger partial charge in [-0.3, -0.25) is 9.89 Å². The maximum Gasteiger partial charge on any atom is 0.242 e. The van der Waals surface area contributed by atoms with Gasteiger partial charge in [0.05, 0.1) is 11.7 Å². The first-order chi connectivity index (χ1) is 9.20. The van der Waals surface area contributed by atoms with Crippen LogP contribution in [0.15, 0.2) is 36.4 Å². The lowest BCUT2D eigenvalue weighted by atomic mass is 10.1. The number of nitrogens with one attached hydrogen (secondary N) is 2. The molecular weight excluding hydrogens is 240 g/mol. The third-order valence-electron chi connectivity index (χ3n) is 2.85. The van der Waals surface area contributed by atoms with Crippen LogP contribution in [0.4, 0.5) is 5.82 Å².